The van der Waals surface area contributed by atoms with Crippen molar-refractivity contribution < 1.29 is 9.59 Å². The van der Waals surface area contributed by atoms with Gasteiger partial charge in [-0.15, -0.1) is 13.2 Å². The lowest BCUT2D eigenvalue weighted by molar-refractivity contribution is -0.117. The van der Waals surface area contributed by atoms with Gasteiger partial charge in [0.15, 0.2) is 0 Å². The van der Waals surface area contributed by atoms with Crippen molar-refractivity contribution in [2.75, 3.05) is 31.5 Å². The summed E-state index contributed by atoms with van der Waals surface area (Å²) in [6.45, 7) is 12.5. The summed E-state index contributed by atoms with van der Waals surface area (Å²) < 4.78 is 0. The summed E-state index contributed by atoms with van der Waals surface area (Å²) in [6, 6.07) is 7.03. The van der Waals surface area contributed by atoms with E-state index in [1.165, 1.54) is 12.8 Å². The third kappa shape index (κ3) is 6.36. The van der Waals surface area contributed by atoms with Crippen LogP contribution < -0.4 is 10.6 Å². The third-order valence-electron chi connectivity index (χ3n) is 5.05. The number of hydrogen-bond acceptors (Lipinski definition) is 3. The number of carbonyl (C=O) groups is 2. The van der Waals surface area contributed by atoms with Crippen LogP contribution >= 0.6 is 0 Å². The summed E-state index contributed by atoms with van der Waals surface area (Å²) >= 11 is 0. The van der Waals surface area contributed by atoms with E-state index in [-0.39, 0.29) is 11.8 Å². The Hall–Kier alpha value is -2.40. The first-order valence-corrected chi connectivity index (χ1v) is 9.66. The van der Waals surface area contributed by atoms with E-state index in [1.807, 2.05) is 0 Å². The molecule has 2 unspecified atom stereocenters. The minimum absolute atomic E-state index is 0.0205. The average molecular weight is 370 g/mol. The highest BCUT2D eigenvalue weighted by Crippen LogP contribution is 2.23. The van der Waals surface area contributed by atoms with E-state index in [2.05, 4.69) is 30.7 Å². The molecule has 0 spiro atoms. The second-order valence-electron chi connectivity index (χ2n) is 7.20. The highest BCUT2D eigenvalue weighted by molar-refractivity contribution is 5.96. The monoisotopic (exact) mass is 369 g/mol. The Bertz CT molecular complexity index is 638. The molecule has 2 rings (SSSR count). The molecule has 1 aromatic rings. The van der Waals surface area contributed by atoms with E-state index in [0.29, 0.717) is 42.6 Å². The summed E-state index contributed by atoms with van der Waals surface area (Å²) in [5.41, 5.74) is 1.29. The minimum Gasteiger partial charge on any atom is -0.331 e. The number of anilines is 1. The Balaban J connectivity index is 1.90. The summed E-state index contributed by atoms with van der Waals surface area (Å²) in [5, 5.41) is 6.34. The molecular weight excluding hydrogens is 338 g/mol. The molecule has 1 aliphatic heterocycles. The van der Waals surface area contributed by atoms with Crippen molar-refractivity contribution in [3.63, 3.8) is 0 Å². The zero-order valence-electron chi connectivity index (χ0n) is 16.2. The van der Waals surface area contributed by atoms with Gasteiger partial charge in [-0.2, -0.15) is 0 Å². The minimum atomic E-state index is -0.0777. The van der Waals surface area contributed by atoms with Crippen LogP contribution in [0.15, 0.2) is 49.6 Å². The number of benzene rings is 1. The lowest BCUT2D eigenvalue weighted by Crippen LogP contribution is -2.34. The molecule has 0 radical (unpaired) electrons. The zero-order valence-corrected chi connectivity index (χ0v) is 16.2. The standard InChI is InChI=1S/C22H31N3O2/c1-4-13-25(14-5-2)22(27)18-8-10-20(11-9-18)24-21(26)15-17(3)19-7-6-12-23-16-19/h4-5,8-11,17,19,23H,1-2,6-7,12-16H2,3H3,(H,24,26). The second kappa shape index (κ2) is 10.7. The van der Waals surface area contributed by atoms with Crippen molar-refractivity contribution in [2.45, 2.75) is 26.2 Å². The first-order chi connectivity index (χ1) is 13.0. The molecule has 2 amide bonds. The van der Waals surface area contributed by atoms with Gasteiger partial charge in [0.05, 0.1) is 0 Å². The van der Waals surface area contributed by atoms with Gasteiger partial charge in [-0.1, -0.05) is 19.1 Å². The van der Waals surface area contributed by atoms with Crippen LogP contribution in [0.3, 0.4) is 0 Å². The number of rotatable bonds is 9. The van der Waals surface area contributed by atoms with Crippen LogP contribution in [0.5, 0.6) is 0 Å². The SMILES string of the molecule is C=CCN(CC=C)C(=O)c1ccc(NC(=O)CC(C)C2CCCNC2)cc1. The summed E-state index contributed by atoms with van der Waals surface area (Å²) in [6.07, 6.45) is 6.27. The maximum absolute atomic E-state index is 12.5. The largest absolute Gasteiger partial charge is 0.331 e. The molecule has 2 N–H and O–H groups in total. The molecule has 1 saturated heterocycles. The van der Waals surface area contributed by atoms with Gasteiger partial charge in [-0.25, -0.2) is 0 Å². The normalized spacial score (nSPS) is 17.6. The summed E-state index contributed by atoms with van der Waals surface area (Å²) in [4.78, 5) is 26.5. The van der Waals surface area contributed by atoms with Crippen LogP contribution in [-0.2, 0) is 4.79 Å². The van der Waals surface area contributed by atoms with Gasteiger partial charge >= 0.3 is 0 Å². The van der Waals surface area contributed by atoms with Crippen molar-refractivity contribution in [2.24, 2.45) is 11.8 Å². The molecule has 0 aromatic heterocycles. The van der Waals surface area contributed by atoms with E-state index < -0.39 is 0 Å². The van der Waals surface area contributed by atoms with Gasteiger partial charge in [0.2, 0.25) is 5.91 Å². The first-order valence-electron chi connectivity index (χ1n) is 9.66. The van der Waals surface area contributed by atoms with E-state index in [0.717, 1.165) is 13.1 Å². The fourth-order valence-electron chi connectivity index (χ4n) is 3.47. The maximum atomic E-state index is 12.5. The Morgan fingerprint density at radius 2 is 1.93 bits per heavy atom. The van der Waals surface area contributed by atoms with Crippen molar-refractivity contribution >= 4 is 17.5 Å². The summed E-state index contributed by atoms with van der Waals surface area (Å²) in [7, 11) is 0. The van der Waals surface area contributed by atoms with Crippen molar-refractivity contribution in [3.8, 4) is 0 Å². The van der Waals surface area contributed by atoms with E-state index in [1.54, 1.807) is 41.3 Å². The maximum Gasteiger partial charge on any atom is 0.254 e. The number of nitrogens with one attached hydrogen (secondary N) is 2. The third-order valence-corrected chi connectivity index (χ3v) is 5.05. The van der Waals surface area contributed by atoms with Crippen molar-refractivity contribution in [1.82, 2.24) is 10.2 Å². The molecule has 146 valence electrons. The van der Waals surface area contributed by atoms with Crippen LogP contribution in [-0.4, -0.2) is 42.9 Å². The van der Waals surface area contributed by atoms with Crippen molar-refractivity contribution in [1.29, 1.82) is 0 Å². The Morgan fingerprint density at radius 1 is 1.26 bits per heavy atom. The first kappa shape index (κ1) is 20.9. The van der Waals surface area contributed by atoms with Crippen LogP contribution in [0.1, 0.15) is 36.5 Å². The number of carbonyl (C=O) groups excluding carboxylic acids is 2. The molecular formula is C22H31N3O2. The van der Waals surface area contributed by atoms with E-state index in [4.69, 9.17) is 0 Å². The average Bonchev–Trinajstić information content (AvgIpc) is 2.68. The second-order valence-corrected chi connectivity index (χ2v) is 7.20. The molecule has 0 bridgehead atoms. The van der Waals surface area contributed by atoms with Crippen LogP contribution in [0, 0.1) is 11.8 Å². The molecule has 0 saturated carbocycles. The fraction of sp³-hybridized carbons (Fsp3) is 0.455. The highest BCUT2D eigenvalue weighted by atomic mass is 16.2. The lowest BCUT2D eigenvalue weighted by Gasteiger charge is -2.28. The molecule has 1 fully saturated rings. The molecule has 1 aliphatic rings. The molecule has 0 aliphatic carbocycles. The Kier molecular flexibility index (Phi) is 8.27. The van der Waals surface area contributed by atoms with E-state index in [9.17, 15) is 9.59 Å². The number of amides is 2. The lowest BCUT2D eigenvalue weighted by atomic mass is 9.85. The number of nitrogens with zero attached hydrogens (tertiary/aromatic N) is 1. The molecule has 5 heteroatoms. The Labute approximate surface area is 162 Å². The van der Waals surface area contributed by atoms with E-state index >= 15 is 0 Å². The van der Waals surface area contributed by atoms with Gasteiger partial charge in [-0.3, -0.25) is 9.59 Å². The highest BCUT2D eigenvalue weighted by Gasteiger charge is 2.22. The van der Waals surface area contributed by atoms with Crippen LogP contribution in [0.2, 0.25) is 0 Å². The number of piperidine rings is 1. The van der Waals surface area contributed by atoms with Crippen LogP contribution in [0.4, 0.5) is 5.69 Å². The van der Waals surface area contributed by atoms with Gasteiger partial charge < -0.3 is 15.5 Å². The predicted molar refractivity (Wildman–Crippen MR) is 111 cm³/mol. The van der Waals surface area contributed by atoms with Crippen molar-refractivity contribution in [3.05, 3.63) is 55.1 Å². The molecule has 5 nitrogen and oxygen atoms in total. The van der Waals surface area contributed by atoms with Gasteiger partial charge in [0, 0.05) is 30.8 Å². The smallest absolute Gasteiger partial charge is 0.254 e. The molecule has 1 heterocycles. The zero-order chi connectivity index (χ0) is 19.6. The van der Waals surface area contributed by atoms with Gasteiger partial charge in [0.25, 0.3) is 5.91 Å². The van der Waals surface area contributed by atoms with Gasteiger partial charge in [0.1, 0.15) is 0 Å². The van der Waals surface area contributed by atoms with Gasteiger partial charge in [-0.05, 0) is 62.0 Å². The molecule has 2 atom stereocenters. The quantitative estimate of drug-likeness (QED) is 0.655. The fourth-order valence-corrected chi connectivity index (χ4v) is 3.47. The Morgan fingerprint density at radius 3 is 2.48 bits per heavy atom. The summed E-state index contributed by atoms with van der Waals surface area (Å²) in [5.74, 6) is 0.855. The predicted octanol–water partition coefficient (Wildman–Crippen LogP) is 3.47. The molecule has 27 heavy (non-hydrogen) atoms. The number of hydrogen-bond donors (Lipinski definition) is 2. The topological polar surface area (TPSA) is 61.4 Å². The van der Waals surface area contributed by atoms with Crippen LogP contribution in [0.25, 0.3) is 0 Å². The molecule has 1 aromatic carbocycles.